The second kappa shape index (κ2) is 11.8. The molecule has 1 aromatic heterocycles. The van der Waals surface area contributed by atoms with Crippen molar-refractivity contribution < 1.29 is 18.7 Å². The zero-order valence-corrected chi connectivity index (χ0v) is 20.0. The van der Waals surface area contributed by atoms with Gasteiger partial charge in [0.1, 0.15) is 11.6 Å². The Labute approximate surface area is 209 Å². The van der Waals surface area contributed by atoms with Crippen LogP contribution in [0.2, 0.25) is 0 Å². The molecule has 0 aliphatic rings. The highest BCUT2D eigenvalue weighted by atomic mass is 19.1. The normalized spacial score (nSPS) is 12.9. The van der Waals surface area contributed by atoms with E-state index in [1.165, 1.54) is 17.7 Å². The van der Waals surface area contributed by atoms with Gasteiger partial charge in [0.15, 0.2) is 0 Å². The van der Waals surface area contributed by atoms with E-state index < -0.39 is 29.7 Å². The summed E-state index contributed by atoms with van der Waals surface area (Å²) in [7, 11) is 0. The Morgan fingerprint density at radius 2 is 1.72 bits per heavy atom. The number of aliphatic hydroxyl groups is 1. The molecule has 1 heterocycles. The number of carbonyl (C=O) groups excluding carboxylic acids is 1. The van der Waals surface area contributed by atoms with Gasteiger partial charge in [-0.25, -0.2) is 8.78 Å². The smallest absolute Gasteiger partial charge is 0.251 e. The van der Waals surface area contributed by atoms with Crippen LogP contribution in [-0.2, 0) is 19.4 Å². The highest BCUT2D eigenvalue weighted by Crippen LogP contribution is 2.16. The molecule has 0 saturated heterocycles. The van der Waals surface area contributed by atoms with E-state index in [1.54, 1.807) is 30.5 Å². The van der Waals surface area contributed by atoms with Gasteiger partial charge in [0.25, 0.3) is 5.91 Å². The number of carbonyl (C=O) groups is 1. The number of hydrogen-bond acceptors (Lipinski definition) is 4. The summed E-state index contributed by atoms with van der Waals surface area (Å²) in [6, 6.07) is 19.4. The van der Waals surface area contributed by atoms with E-state index in [2.05, 4.69) is 34.7 Å². The van der Waals surface area contributed by atoms with Crippen molar-refractivity contribution in [1.29, 1.82) is 0 Å². The van der Waals surface area contributed by atoms with Crippen LogP contribution in [0.25, 0.3) is 10.9 Å². The molecule has 0 spiro atoms. The molecule has 0 aliphatic heterocycles. The van der Waals surface area contributed by atoms with E-state index >= 15 is 0 Å². The summed E-state index contributed by atoms with van der Waals surface area (Å²) >= 11 is 0. The van der Waals surface area contributed by atoms with Gasteiger partial charge < -0.3 is 15.7 Å². The van der Waals surface area contributed by atoms with Gasteiger partial charge in [-0.3, -0.25) is 9.78 Å². The number of rotatable bonds is 10. The van der Waals surface area contributed by atoms with Crippen LogP contribution in [0.15, 0.2) is 79.0 Å². The molecule has 2 atom stereocenters. The summed E-state index contributed by atoms with van der Waals surface area (Å²) in [5.74, 6) is -1.81. The van der Waals surface area contributed by atoms with Gasteiger partial charge in [-0.15, -0.1) is 0 Å². The fraction of sp³-hybridized carbons (Fsp3) is 0.241. The lowest BCUT2D eigenvalue weighted by Gasteiger charge is -2.25. The van der Waals surface area contributed by atoms with Crippen LogP contribution >= 0.6 is 0 Å². The van der Waals surface area contributed by atoms with Crippen molar-refractivity contribution in [3.05, 3.63) is 113 Å². The largest absolute Gasteiger partial charge is 0.390 e. The lowest BCUT2D eigenvalue weighted by Crippen LogP contribution is -2.48. The Hall–Kier alpha value is -3.68. The Balaban J connectivity index is 1.48. The molecule has 0 saturated carbocycles. The summed E-state index contributed by atoms with van der Waals surface area (Å²) in [4.78, 5) is 17.3. The van der Waals surface area contributed by atoms with Gasteiger partial charge in [0.05, 0.1) is 17.7 Å². The SMILES string of the molecule is CCc1cccc(CNC[C@H](O)[C@H](Cc2cc(F)cc(F)c2)NC(=O)c2ccc3ncccc3c2)c1. The molecule has 0 fully saturated rings. The fourth-order valence-electron chi connectivity index (χ4n) is 4.20. The van der Waals surface area contributed by atoms with E-state index in [9.17, 15) is 18.7 Å². The van der Waals surface area contributed by atoms with E-state index in [0.29, 0.717) is 17.7 Å². The third-order valence-corrected chi connectivity index (χ3v) is 6.11. The second-order valence-corrected chi connectivity index (χ2v) is 8.84. The maximum Gasteiger partial charge on any atom is 0.251 e. The van der Waals surface area contributed by atoms with Crippen LogP contribution in [0.5, 0.6) is 0 Å². The standard InChI is InChI=1S/C29H29F2N3O2/c1-2-19-5-3-6-20(11-19)17-32-18-28(35)27(14-21-12-24(30)16-25(31)13-21)34-29(36)23-8-9-26-22(15-23)7-4-10-33-26/h3-13,15-16,27-28,32,35H,2,14,17-18H2,1H3,(H,34,36)/t27-,28-/m0/s1. The number of aromatic nitrogens is 1. The molecule has 3 N–H and O–H groups in total. The Morgan fingerprint density at radius 1 is 0.944 bits per heavy atom. The van der Waals surface area contributed by atoms with Gasteiger partial charge in [-0.05, 0) is 65.9 Å². The minimum absolute atomic E-state index is 0.0592. The fourth-order valence-corrected chi connectivity index (χ4v) is 4.20. The number of halogens is 2. The molecule has 0 unspecified atom stereocenters. The molecular formula is C29H29F2N3O2. The molecule has 4 rings (SSSR count). The number of pyridine rings is 1. The number of amides is 1. The average molecular weight is 490 g/mol. The van der Waals surface area contributed by atoms with Crippen LogP contribution in [0.1, 0.15) is 34.0 Å². The number of aliphatic hydroxyl groups excluding tert-OH is 1. The van der Waals surface area contributed by atoms with E-state index in [4.69, 9.17) is 0 Å². The summed E-state index contributed by atoms with van der Waals surface area (Å²) < 4.78 is 27.6. The van der Waals surface area contributed by atoms with Crippen LogP contribution in [0.3, 0.4) is 0 Å². The molecule has 186 valence electrons. The van der Waals surface area contributed by atoms with Crippen molar-refractivity contribution in [2.75, 3.05) is 6.54 Å². The molecule has 7 heteroatoms. The van der Waals surface area contributed by atoms with Crippen molar-refractivity contribution in [2.24, 2.45) is 0 Å². The Bertz CT molecular complexity index is 1320. The maximum atomic E-state index is 13.8. The van der Waals surface area contributed by atoms with Gasteiger partial charge in [0, 0.05) is 36.3 Å². The summed E-state index contributed by atoms with van der Waals surface area (Å²) in [5, 5.41) is 17.9. The molecular weight excluding hydrogens is 460 g/mol. The van der Waals surface area contributed by atoms with Gasteiger partial charge in [-0.1, -0.05) is 37.3 Å². The number of fused-ring (bicyclic) bond motifs is 1. The first kappa shape index (κ1) is 25.4. The molecule has 0 aliphatic carbocycles. The first-order valence-corrected chi connectivity index (χ1v) is 12.0. The van der Waals surface area contributed by atoms with Crippen molar-refractivity contribution in [2.45, 2.75) is 38.5 Å². The van der Waals surface area contributed by atoms with Crippen LogP contribution in [0.4, 0.5) is 8.78 Å². The number of nitrogens with zero attached hydrogens (tertiary/aromatic N) is 1. The van der Waals surface area contributed by atoms with Crippen LogP contribution in [-0.4, -0.2) is 34.7 Å². The number of hydrogen-bond donors (Lipinski definition) is 3. The third-order valence-electron chi connectivity index (χ3n) is 6.11. The van der Waals surface area contributed by atoms with E-state index in [1.807, 2.05) is 18.2 Å². The van der Waals surface area contributed by atoms with Crippen molar-refractivity contribution in [1.82, 2.24) is 15.6 Å². The van der Waals surface area contributed by atoms with Gasteiger partial charge in [-0.2, -0.15) is 0 Å². The number of nitrogens with one attached hydrogen (secondary N) is 2. The van der Waals surface area contributed by atoms with Crippen molar-refractivity contribution >= 4 is 16.8 Å². The second-order valence-electron chi connectivity index (χ2n) is 8.84. The van der Waals surface area contributed by atoms with Gasteiger partial charge in [0.2, 0.25) is 0 Å². The lowest BCUT2D eigenvalue weighted by atomic mass is 9.99. The zero-order chi connectivity index (χ0) is 25.5. The number of aryl methyl sites for hydroxylation is 1. The Morgan fingerprint density at radius 3 is 2.50 bits per heavy atom. The average Bonchev–Trinajstić information content (AvgIpc) is 2.87. The quantitative estimate of drug-likeness (QED) is 0.305. The molecule has 36 heavy (non-hydrogen) atoms. The van der Waals surface area contributed by atoms with Gasteiger partial charge >= 0.3 is 0 Å². The van der Waals surface area contributed by atoms with Crippen LogP contribution < -0.4 is 10.6 Å². The monoisotopic (exact) mass is 489 g/mol. The predicted molar refractivity (Wildman–Crippen MR) is 137 cm³/mol. The molecule has 5 nitrogen and oxygen atoms in total. The molecule has 0 bridgehead atoms. The maximum absolute atomic E-state index is 13.8. The van der Waals surface area contributed by atoms with Crippen molar-refractivity contribution in [3.8, 4) is 0 Å². The van der Waals surface area contributed by atoms with Crippen molar-refractivity contribution in [3.63, 3.8) is 0 Å². The highest BCUT2D eigenvalue weighted by molar-refractivity contribution is 5.98. The minimum atomic E-state index is -1.00. The number of benzene rings is 3. The Kier molecular flexibility index (Phi) is 8.36. The predicted octanol–water partition coefficient (Wildman–Crippen LogP) is 4.57. The third kappa shape index (κ3) is 6.71. The molecule has 3 aromatic carbocycles. The lowest BCUT2D eigenvalue weighted by molar-refractivity contribution is 0.0830. The first-order valence-electron chi connectivity index (χ1n) is 12.0. The molecule has 0 radical (unpaired) electrons. The summed E-state index contributed by atoms with van der Waals surface area (Å²) in [6.45, 7) is 2.81. The van der Waals surface area contributed by atoms with E-state index in [-0.39, 0.29) is 13.0 Å². The molecule has 4 aromatic rings. The summed E-state index contributed by atoms with van der Waals surface area (Å²) in [5.41, 5.74) is 3.81. The topological polar surface area (TPSA) is 74.2 Å². The first-order chi connectivity index (χ1) is 17.4. The minimum Gasteiger partial charge on any atom is -0.390 e. The molecule has 1 amide bonds. The van der Waals surface area contributed by atoms with Crippen LogP contribution in [0, 0.1) is 11.6 Å². The van der Waals surface area contributed by atoms with E-state index in [0.717, 1.165) is 29.0 Å². The zero-order valence-electron chi connectivity index (χ0n) is 20.0. The summed E-state index contributed by atoms with van der Waals surface area (Å²) in [6.07, 6.45) is 1.67. The highest BCUT2D eigenvalue weighted by Gasteiger charge is 2.23.